The molecule has 3 aromatic rings. The number of nitrogens with zero attached hydrogens (tertiary/aromatic N) is 3. The molecule has 1 amide bonds. The second-order valence-electron chi connectivity index (χ2n) is 6.08. The molecular formula is C19H22N4O2. The second kappa shape index (κ2) is 6.93. The highest BCUT2D eigenvalue weighted by Gasteiger charge is 2.16. The van der Waals surface area contributed by atoms with Crippen LogP contribution in [0.4, 0.5) is 0 Å². The lowest BCUT2D eigenvalue weighted by atomic mass is 10.2. The molecule has 0 atom stereocenters. The van der Waals surface area contributed by atoms with E-state index in [0.717, 1.165) is 28.9 Å². The van der Waals surface area contributed by atoms with Crippen molar-refractivity contribution >= 4 is 16.7 Å². The zero-order valence-corrected chi connectivity index (χ0v) is 14.7. The van der Waals surface area contributed by atoms with Crippen molar-refractivity contribution in [2.24, 2.45) is 0 Å². The molecule has 0 bridgehead atoms. The first-order chi connectivity index (χ1) is 12.0. The quantitative estimate of drug-likeness (QED) is 0.776. The molecule has 0 aliphatic carbocycles. The van der Waals surface area contributed by atoms with Crippen LogP contribution in [0, 0.1) is 13.8 Å². The first-order valence-electron chi connectivity index (χ1n) is 8.38. The van der Waals surface area contributed by atoms with Gasteiger partial charge in [-0.15, -0.1) is 0 Å². The van der Waals surface area contributed by atoms with Gasteiger partial charge < -0.3 is 9.88 Å². The molecule has 0 saturated heterocycles. The Morgan fingerprint density at radius 1 is 1.16 bits per heavy atom. The SMILES string of the molecule is CNC(=O)CCCn1c(C)c2cnn(-c3ccccc3)c(=O)c2c1C. The minimum absolute atomic E-state index is 0.0279. The van der Waals surface area contributed by atoms with Crippen molar-refractivity contribution in [2.45, 2.75) is 33.2 Å². The average molecular weight is 338 g/mol. The predicted octanol–water partition coefficient (Wildman–Crippen LogP) is 2.33. The fourth-order valence-electron chi connectivity index (χ4n) is 3.22. The van der Waals surface area contributed by atoms with Crippen LogP contribution < -0.4 is 10.9 Å². The first kappa shape index (κ1) is 17.0. The Morgan fingerprint density at radius 2 is 1.88 bits per heavy atom. The minimum atomic E-state index is -0.116. The summed E-state index contributed by atoms with van der Waals surface area (Å²) in [5.41, 5.74) is 2.56. The minimum Gasteiger partial charge on any atom is -0.359 e. The van der Waals surface area contributed by atoms with Crippen LogP contribution in [0.3, 0.4) is 0 Å². The Hall–Kier alpha value is -2.89. The molecule has 0 radical (unpaired) electrons. The molecule has 2 heterocycles. The molecular weight excluding hydrogens is 316 g/mol. The van der Waals surface area contributed by atoms with Crippen LogP contribution in [-0.4, -0.2) is 27.3 Å². The van der Waals surface area contributed by atoms with Gasteiger partial charge >= 0.3 is 0 Å². The number of nitrogens with one attached hydrogen (secondary N) is 1. The lowest BCUT2D eigenvalue weighted by molar-refractivity contribution is -0.120. The van der Waals surface area contributed by atoms with Gasteiger partial charge in [-0.25, -0.2) is 0 Å². The average Bonchev–Trinajstić information content (AvgIpc) is 2.87. The maximum Gasteiger partial charge on any atom is 0.281 e. The van der Waals surface area contributed by atoms with Crippen molar-refractivity contribution in [3.63, 3.8) is 0 Å². The van der Waals surface area contributed by atoms with E-state index >= 15 is 0 Å². The normalized spacial score (nSPS) is 11.0. The van der Waals surface area contributed by atoms with E-state index in [0.29, 0.717) is 18.4 Å². The highest BCUT2D eigenvalue weighted by atomic mass is 16.1. The molecule has 0 spiro atoms. The van der Waals surface area contributed by atoms with Crippen LogP contribution in [0.15, 0.2) is 41.3 Å². The zero-order chi connectivity index (χ0) is 18.0. The van der Waals surface area contributed by atoms with Crippen LogP contribution in [0.25, 0.3) is 16.5 Å². The Morgan fingerprint density at radius 3 is 2.56 bits per heavy atom. The van der Waals surface area contributed by atoms with Crippen molar-refractivity contribution < 1.29 is 4.79 Å². The Labute approximate surface area is 146 Å². The third-order valence-corrected chi connectivity index (χ3v) is 4.60. The number of carbonyl (C=O) groups excluding carboxylic acids is 1. The molecule has 3 rings (SSSR count). The van der Waals surface area contributed by atoms with E-state index < -0.39 is 0 Å². The standard InChI is InChI=1S/C19H22N4O2/c1-13-16-12-21-23(15-8-5-4-6-9-15)19(25)18(16)14(2)22(13)11-7-10-17(24)20-3/h4-6,8-9,12H,7,10-11H2,1-3H3,(H,20,24). The summed E-state index contributed by atoms with van der Waals surface area (Å²) in [6, 6.07) is 9.41. The second-order valence-corrected chi connectivity index (χ2v) is 6.08. The number of benzene rings is 1. The molecule has 1 N–H and O–H groups in total. The molecule has 0 saturated carbocycles. The van der Waals surface area contributed by atoms with Gasteiger partial charge in [-0.1, -0.05) is 18.2 Å². The van der Waals surface area contributed by atoms with E-state index in [2.05, 4.69) is 15.0 Å². The predicted molar refractivity (Wildman–Crippen MR) is 98.1 cm³/mol. The maximum absolute atomic E-state index is 13.0. The van der Waals surface area contributed by atoms with Crippen molar-refractivity contribution in [1.29, 1.82) is 0 Å². The number of amides is 1. The van der Waals surface area contributed by atoms with Crippen molar-refractivity contribution in [2.75, 3.05) is 7.05 Å². The topological polar surface area (TPSA) is 68.9 Å². The van der Waals surface area contributed by atoms with E-state index in [-0.39, 0.29) is 11.5 Å². The number of hydrogen-bond acceptors (Lipinski definition) is 3. The number of carbonyl (C=O) groups is 1. The first-order valence-corrected chi connectivity index (χ1v) is 8.38. The summed E-state index contributed by atoms with van der Waals surface area (Å²) in [4.78, 5) is 24.4. The van der Waals surface area contributed by atoms with Gasteiger partial charge in [0.25, 0.3) is 5.56 Å². The summed E-state index contributed by atoms with van der Waals surface area (Å²) in [6.07, 6.45) is 2.94. The maximum atomic E-state index is 13.0. The smallest absolute Gasteiger partial charge is 0.281 e. The summed E-state index contributed by atoms with van der Waals surface area (Å²) < 4.78 is 3.54. The number of aryl methyl sites for hydroxylation is 2. The third kappa shape index (κ3) is 3.07. The Kier molecular flexibility index (Phi) is 4.70. The van der Waals surface area contributed by atoms with Gasteiger partial charge in [0, 0.05) is 36.8 Å². The molecule has 2 aromatic heterocycles. The van der Waals surface area contributed by atoms with Gasteiger partial charge in [0.2, 0.25) is 5.91 Å². The Bertz CT molecular complexity index is 970. The number of fused-ring (bicyclic) bond motifs is 1. The van der Waals surface area contributed by atoms with Gasteiger partial charge in [0.15, 0.2) is 0 Å². The van der Waals surface area contributed by atoms with E-state index in [1.165, 1.54) is 4.68 Å². The number of aromatic nitrogens is 3. The lowest BCUT2D eigenvalue weighted by Crippen LogP contribution is -2.21. The van der Waals surface area contributed by atoms with E-state index in [1.54, 1.807) is 13.2 Å². The number of para-hydroxylation sites is 1. The summed E-state index contributed by atoms with van der Waals surface area (Å²) in [6.45, 7) is 4.64. The number of rotatable bonds is 5. The van der Waals surface area contributed by atoms with Crippen molar-refractivity contribution in [3.05, 3.63) is 58.3 Å². The van der Waals surface area contributed by atoms with E-state index in [4.69, 9.17) is 0 Å². The third-order valence-electron chi connectivity index (χ3n) is 4.60. The molecule has 1 aromatic carbocycles. The van der Waals surface area contributed by atoms with Crippen LogP contribution in [0.5, 0.6) is 0 Å². The van der Waals surface area contributed by atoms with Gasteiger partial charge in [0.1, 0.15) is 0 Å². The molecule has 130 valence electrons. The highest BCUT2D eigenvalue weighted by molar-refractivity contribution is 5.87. The van der Waals surface area contributed by atoms with Crippen molar-refractivity contribution in [1.82, 2.24) is 19.7 Å². The van der Waals surface area contributed by atoms with Crippen LogP contribution in [-0.2, 0) is 11.3 Å². The van der Waals surface area contributed by atoms with E-state index in [9.17, 15) is 9.59 Å². The van der Waals surface area contributed by atoms with Gasteiger partial charge in [-0.05, 0) is 32.4 Å². The molecule has 25 heavy (non-hydrogen) atoms. The molecule has 6 nitrogen and oxygen atoms in total. The monoisotopic (exact) mass is 338 g/mol. The summed E-state index contributed by atoms with van der Waals surface area (Å²) in [5, 5.41) is 8.53. The van der Waals surface area contributed by atoms with Crippen LogP contribution in [0.2, 0.25) is 0 Å². The summed E-state index contributed by atoms with van der Waals surface area (Å²) >= 11 is 0. The fourth-order valence-corrected chi connectivity index (χ4v) is 3.22. The molecule has 0 aliphatic rings. The van der Waals surface area contributed by atoms with Crippen LogP contribution in [0.1, 0.15) is 24.2 Å². The molecule has 6 heteroatoms. The Balaban J connectivity index is 2.03. The largest absolute Gasteiger partial charge is 0.359 e. The molecule has 0 unspecified atom stereocenters. The fraction of sp³-hybridized carbons (Fsp3) is 0.316. The summed E-state index contributed by atoms with van der Waals surface area (Å²) in [5.74, 6) is 0.0279. The number of hydrogen-bond donors (Lipinski definition) is 1. The molecule has 0 aliphatic heterocycles. The summed E-state index contributed by atoms with van der Waals surface area (Å²) in [7, 11) is 1.64. The van der Waals surface area contributed by atoms with Crippen LogP contribution >= 0.6 is 0 Å². The van der Waals surface area contributed by atoms with E-state index in [1.807, 2.05) is 44.2 Å². The van der Waals surface area contributed by atoms with Crippen molar-refractivity contribution in [3.8, 4) is 5.69 Å². The highest BCUT2D eigenvalue weighted by Crippen LogP contribution is 2.23. The van der Waals surface area contributed by atoms with Gasteiger partial charge in [0.05, 0.1) is 17.3 Å². The van der Waals surface area contributed by atoms with Gasteiger partial charge in [-0.2, -0.15) is 9.78 Å². The molecule has 0 fully saturated rings. The lowest BCUT2D eigenvalue weighted by Gasteiger charge is -2.08. The van der Waals surface area contributed by atoms with Gasteiger partial charge in [-0.3, -0.25) is 9.59 Å². The zero-order valence-electron chi connectivity index (χ0n) is 14.7.